The van der Waals surface area contributed by atoms with Gasteiger partial charge in [-0.05, 0) is 49.7 Å². The molecule has 3 aromatic rings. The van der Waals surface area contributed by atoms with Crippen LogP contribution in [0, 0.1) is 26.2 Å². The molecule has 0 radical (unpaired) electrons. The minimum absolute atomic E-state index is 0.0377. The van der Waals surface area contributed by atoms with E-state index in [-0.39, 0.29) is 17.3 Å². The van der Waals surface area contributed by atoms with Crippen molar-refractivity contribution in [2.75, 3.05) is 11.9 Å². The van der Waals surface area contributed by atoms with Gasteiger partial charge in [-0.15, -0.1) is 17.8 Å². The molecule has 0 aliphatic heterocycles. The fourth-order valence-electron chi connectivity index (χ4n) is 2.64. The number of aryl methyl sites for hydroxylation is 2. The normalized spacial score (nSPS) is 11.1. The van der Waals surface area contributed by atoms with Crippen molar-refractivity contribution in [3.63, 3.8) is 0 Å². The van der Waals surface area contributed by atoms with E-state index in [9.17, 15) is 13.2 Å². The fraction of sp³-hybridized carbons (Fsp3) is 0.143. The molecule has 2 aromatic carbocycles. The number of hydrogen-bond donors (Lipinski definition) is 2. The number of carbonyl (C=O) groups is 1. The number of rotatable bonds is 6. The molecule has 29 heavy (non-hydrogen) atoms. The van der Waals surface area contributed by atoms with E-state index in [1.165, 1.54) is 35.6 Å². The summed E-state index contributed by atoms with van der Waals surface area (Å²) in [6.07, 6.45) is 5.07. The molecular formula is C21H19N3O3S2. The number of benzene rings is 2. The minimum atomic E-state index is -3.69. The molecule has 0 bridgehead atoms. The van der Waals surface area contributed by atoms with Crippen LogP contribution in [0.1, 0.15) is 21.5 Å². The summed E-state index contributed by atoms with van der Waals surface area (Å²) in [5.41, 5.74) is 4.39. The van der Waals surface area contributed by atoms with Gasteiger partial charge < -0.3 is 0 Å². The summed E-state index contributed by atoms with van der Waals surface area (Å²) in [4.78, 5) is 17.0. The molecule has 1 amide bonds. The average molecular weight is 426 g/mol. The molecule has 0 atom stereocenters. The Kier molecular flexibility index (Phi) is 6.13. The Balaban J connectivity index is 1.74. The quantitative estimate of drug-likeness (QED) is 0.591. The lowest BCUT2D eigenvalue weighted by Crippen LogP contribution is -2.24. The monoisotopic (exact) mass is 425 g/mol. The molecule has 148 valence electrons. The van der Waals surface area contributed by atoms with Crippen molar-refractivity contribution in [3.05, 3.63) is 64.5 Å². The lowest BCUT2D eigenvalue weighted by molar-refractivity contribution is 0.102. The Morgan fingerprint density at radius 3 is 2.59 bits per heavy atom. The molecule has 6 nitrogen and oxygen atoms in total. The molecule has 0 aliphatic carbocycles. The second kappa shape index (κ2) is 8.57. The number of hydrogen-bond acceptors (Lipinski definition) is 5. The molecule has 0 fully saturated rings. The second-order valence-electron chi connectivity index (χ2n) is 6.36. The van der Waals surface area contributed by atoms with E-state index in [2.05, 4.69) is 27.0 Å². The molecule has 8 heteroatoms. The predicted molar refractivity (Wildman–Crippen MR) is 115 cm³/mol. The number of carbonyl (C=O) groups excluding carboxylic acids is 1. The molecule has 0 unspecified atom stereocenters. The standard InChI is InChI=1S/C21H19N3O3S2/c1-4-11-22-29(26,27)17-9-7-16(8-10-17)20(25)24-21-23-19(13-28-21)18-12-14(2)5-6-15(18)3/h1,5-10,12-13,22H,11H2,2-3H3,(H,23,24,25). The highest BCUT2D eigenvalue weighted by Gasteiger charge is 2.15. The fourth-order valence-corrected chi connectivity index (χ4v) is 4.28. The van der Waals surface area contributed by atoms with Crippen molar-refractivity contribution < 1.29 is 13.2 Å². The van der Waals surface area contributed by atoms with Crippen molar-refractivity contribution >= 4 is 32.4 Å². The van der Waals surface area contributed by atoms with E-state index in [0.29, 0.717) is 10.7 Å². The van der Waals surface area contributed by atoms with E-state index >= 15 is 0 Å². The molecule has 3 rings (SSSR count). The number of amides is 1. The summed E-state index contributed by atoms with van der Waals surface area (Å²) in [5.74, 6) is 1.84. The zero-order chi connectivity index (χ0) is 21.0. The van der Waals surface area contributed by atoms with E-state index in [1.54, 1.807) is 0 Å². The Labute approximate surface area is 174 Å². The average Bonchev–Trinajstić information content (AvgIpc) is 3.16. The highest BCUT2D eigenvalue weighted by Crippen LogP contribution is 2.28. The highest BCUT2D eigenvalue weighted by atomic mass is 32.2. The maximum atomic E-state index is 12.5. The van der Waals surface area contributed by atoms with Crippen LogP contribution in [0.2, 0.25) is 0 Å². The molecule has 0 saturated carbocycles. The summed E-state index contributed by atoms with van der Waals surface area (Å²) in [5, 5.41) is 5.12. The topological polar surface area (TPSA) is 88.2 Å². The zero-order valence-corrected chi connectivity index (χ0v) is 17.5. The molecular weight excluding hydrogens is 406 g/mol. The highest BCUT2D eigenvalue weighted by molar-refractivity contribution is 7.89. The van der Waals surface area contributed by atoms with Crippen LogP contribution in [0.3, 0.4) is 0 Å². The van der Waals surface area contributed by atoms with Gasteiger partial charge in [0.15, 0.2) is 5.13 Å². The first kappa shape index (κ1) is 20.7. The van der Waals surface area contributed by atoms with Gasteiger partial charge in [0.1, 0.15) is 0 Å². The number of sulfonamides is 1. The summed E-state index contributed by atoms with van der Waals surface area (Å²) < 4.78 is 26.3. The van der Waals surface area contributed by atoms with Gasteiger partial charge in [-0.3, -0.25) is 10.1 Å². The summed E-state index contributed by atoms with van der Waals surface area (Å²) in [6, 6.07) is 11.7. The van der Waals surface area contributed by atoms with Crippen molar-refractivity contribution in [3.8, 4) is 23.6 Å². The molecule has 0 spiro atoms. The van der Waals surface area contributed by atoms with Crippen LogP contribution >= 0.6 is 11.3 Å². The first-order valence-corrected chi connectivity index (χ1v) is 11.0. The van der Waals surface area contributed by atoms with Crippen molar-refractivity contribution in [2.45, 2.75) is 18.7 Å². The Hall–Kier alpha value is -2.99. The van der Waals surface area contributed by atoms with Gasteiger partial charge in [-0.1, -0.05) is 23.6 Å². The van der Waals surface area contributed by atoms with Crippen LogP contribution in [0.4, 0.5) is 5.13 Å². The van der Waals surface area contributed by atoms with Crippen molar-refractivity contribution in [1.29, 1.82) is 0 Å². The second-order valence-corrected chi connectivity index (χ2v) is 8.99. The summed E-state index contributed by atoms with van der Waals surface area (Å²) >= 11 is 1.33. The van der Waals surface area contributed by atoms with Gasteiger partial charge in [0.25, 0.3) is 5.91 Å². The van der Waals surface area contributed by atoms with Crippen LogP contribution in [-0.4, -0.2) is 25.9 Å². The zero-order valence-electron chi connectivity index (χ0n) is 15.9. The summed E-state index contributed by atoms with van der Waals surface area (Å²) in [7, 11) is -3.69. The number of aromatic nitrogens is 1. The van der Waals surface area contributed by atoms with Crippen LogP contribution < -0.4 is 10.0 Å². The first-order valence-electron chi connectivity index (χ1n) is 8.68. The predicted octanol–water partition coefficient (Wildman–Crippen LogP) is 3.59. The number of thiazole rings is 1. The maximum absolute atomic E-state index is 12.5. The van der Waals surface area contributed by atoms with E-state index in [1.807, 2.05) is 31.4 Å². The minimum Gasteiger partial charge on any atom is -0.298 e. The van der Waals surface area contributed by atoms with Crippen molar-refractivity contribution in [2.24, 2.45) is 0 Å². The Morgan fingerprint density at radius 2 is 1.90 bits per heavy atom. The van der Waals surface area contributed by atoms with E-state index < -0.39 is 10.0 Å². The lowest BCUT2D eigenvalue weighted by Gasteiger charge is -2.06. The summed E-state index contributed by atoms with van der Waals surface area (Å²) in [6.45, 7) is 3.93. The number of terminal acetylenes is 1. The molecule has 1 heterocycles. The van der Waals surface area contributed by atoms with Gasteiger partial charge in [0.2, 0.25) is 10.0 Å². The van der Waals surface area contributed by atoms with Gasteiger partial charge >= 0.3 is 0 Å². The van der Waals surface area contributed by atoms with Crippen LogP contribution in [-0.2, 0) is 10.0 Å². The largest absolute Gasteiger partial charge is 0.298 e. The Morgan fingerprint density at radius 1 is 1.17 bits per heavy atom. The van der Waals surface area contributed by atoms with Crippen molar-refractivity contribution in [1.82, 2.24) is 9.71 Å². The maximum Gasteiger partial charge on any atom is 0.257 e. The number of nitrogens with one attached hydrogen (secondary N) is 2. The Bertz CT molecular complexity index is 1190. The molecule has 0 saturated heterocycles. The smallest absolute Gasteiger partial charge is 0.257 e. The van der Waals surface area contributed by atoms with Crippen LogP contribution in [0.5, 0.6) is 0 Å². The third kappa shape index (κ3) is 4.90. The lowest BCUT2D eigenvalue weighted by atomic mass is 10.0. The van der Waals surface area contributed by atoms with E-state index in [4.69, 9.17) is 6.42 Å². The van der Waals surface area contributed by atoms with Crippen LogP contribution in [0.15, 0.2) is 52.7 Å². The van der Waals surface area contributed by atoms with Gasteiger partial charge in [0.05, 0.1) is 17.1 Å². The SMILES string of the molecule is C#CCNS(=O)(=O)c1ccc(C(=O)Nc2nc(-c3cc(C)ccc3C)cs2)cc1. The molecule has 1 aromatic heterocycles. The van der Waals surface area contributed by atoms with Gasteiger partial charge in [0, 0.05) is 16.5 Å². The van der Waals surface area contributed by atoms with E-state index in [0.717, 1.165) is 22.4 Å². The third-order valence-corrected chi connectivity index (χ3v) is 6.36. The number of anilines is 1. The van der Waals surface area contributed by atoms with Gasteiger partial charge in [-0.25, -0.2) is 13.4 Å². The first-order chi connectivity index (χ1) is 13.8. The molecule has 2 N–H and O–H groups in total. The third-order valence-electron chi connectivity index (χ3n) is 4.18. The molecule has 0 aliphatic rings. The van der Waals surface area contributed by atoms with Crippen LogP contribution in [0.25, 0.3) is 11.3 Å². The number of nitrogens with zero attached hydrogens (tertiary/aromatic N) is 1. The van der Waals surface area contributed by atoms with Gasteiger partial charge in [-0.2, -0.15) is 4.72 Å².